The first-order chi connectivity index (χ1) is 16.0. The predicted molar refractivity (Wildman–Crippen MR) is 134 cm³/mol. The molecule has 0 saturated carbocycles. The first-order valence-corrected chi connectivity index (χ1v) is 11.6. The fourth-order valence-electron chi connectivity index (χ4n) is 3.46. The molecule has 0 radical (unpaired) electrons. The number of allylic oxidation sites excluding steroid dienone is 1. The van der Waals surface area contributed by atoms with Crippen molar-refractivity contribution in [1.29, 1.82) is 0 Å². The highest BCUT2D eigenvalue weighted by Crippen LogP contribution is 2.27. The first kappa shape index (κ1) is 22.6. The summed E-state index contributed by atoms with van der Waals surface area (Å²) in [6, 6.07) is 21.7. The normalized spacial score (nSPS) is 11.8. The van der Waals surface area contributed by atoms with Gasteiger partial charge in [0.05, 0.1) is 5.25 Å². The van der Waals surface area contributed by atoms with Crippen molar-refractivity contribution < 1.29 is 9.53 Å². The monoisotopic (exact) mass is 458 g/mol. The van der Waals surface area contributed by atoms with Crippen LogP contribution in [0, 0.1) is 6.92 Å². The summed E-state index contributed by atoms with van der Waals surface area (Å²) < 4.78 is 7.83. The Morgan fingerprint density at radius 1 is 1.15 bits per heavy atom. The van der Waals surface area contributed by atoms with Crippen molar-refractivity contribution in [3.63, 3.8) is 0 Å². The maximum atomic E-state index is 12.9. The number of nitrogens with zero attached hydrogens (tertiary/aromatic N) is 3. The molecule has 33 heavy (non-hydrogen) atoms. The zero-order valence-electron chi connectivity index (χ0n) is 18.7. The molecule has 168 valence electrons. The first-order valence-electron chi connectivity index (χ1n) is 10.7. The molecule has 6 nitrogen and oxygen atoms in total. The largest absolute Gasteiger partial charge is 0.486 e. The molecule has 7 heteroatoms. The molecule has 0 aliphatic rings. The highest BCUT2D eigenvalue weighted by atomic mass is 32.2. The zero-order valence-corrected chi connectivity index (χ0v) is 19.5. The van der Waals surface area contributed by atoms with Crippen LogP contribution in [0.5, 0.6) is 5.75 Å². The second-order valence-electron chi connectivity index (χ2n) is 7.68. The number of fused-ring (bicyclic) bond motifs is 1. The molecule has 0 bridgehead atoms. The van der Waals surface area contributed by atoms with E-state index in [1.807, 2.05) is 85.1 Å². The summed E-state index contributed by atoms with van der Waals surface area (Å²) in [6.45, 7) is 8.53. The molecule has 0 aliphatic heterocycles. The molecule has 1 atom stereocenters. The minimum Gasteiger partial charge on any atom is -0.486 e. The third-order valence-corrected chi connectivity index (χ3v) is 6.24. The summed E-state index contributed by atoms with van der Waals surface area (Å²) >= 11 is 1.36. The number of ether oxygens (including phenoxy) is 1. The number of nitrogens with one attached hydrogen (secondary N) is 1. The Balaban J connectivity index is 1.46. The number of rotatable bonds is 9. The van der Waals surface area contributed by atoms with Crippen molar-refractivity contribution in [3.8, 4) is 5.75 Å². The van der Waals surface area contributed by atoms with Crippen LogP contribution in [-0.4, -0.2) is 25.9 Å². The zero-order chi connectivity index (χ0) is 23.2. The van der Waals surface area contributed by atoms with Gasteiger partial charge in [-0.3, -0.25) is 9.36 Å². The number of aryl methyl sites for hydroxylation is 1. The smallest absolute Gasteiger partial charge is 0.237 e. The van der Waals surface area contributed by atoms with Crippen LogP contribution < -0.4 is 10.1 Å². The molecule has 4 rings (SSSR count). The number of aromatic nitrogens is 3. The Kier molecular flexibility index (Phi) is 7.10. The van der Waals surface area contributed by atoms with Gasteiger partial charge in [0, 0.05) is 17.6 Å². The number of anilines is 1. The van der Waals surface area contributed by atoms with Gasteiger partial charge in [-0.25, -0.2) is 0 Å². The van der Waals surface area contributed by atoms with Crippen molar-refractivity contribution in [2.45, 2.75) is 37.4 Å². The van der Waals surface area contributed by atoms with Crippen LogP contribution >= 0.6 is 11.8 Å². The predicted octanol–water partition coefficient (Wildman–Crippen LogP) is 5.62. The maximum absolute atomic E-state index is 12.9. The summed E-state index contributed by atoms with van der Waals surface area (Å²) in [7, 11) is 0. The standard InChI is InChI=1S/C26H26N4O2S/c1-4-15-30-24(17-32-21-12-7-9-18(2)16-21)28-29-26(30)33-19(3)25(31)27-23-14-8-11-20-10-5-6-13-22(20)23/h4-14,16,19H,1,15,17H2,2-3H3,(H,27,31). The number of hydrogen-bond acceptors (Lipinski definition) is 5. The lowest BCUT2D eigenvalue weighted by molar-refractivity contribution is -0.115. The molecular formula is C26H26N4O2S. The van der Waals surface area contributed by atoms with Crippen molar-refractivity contribution in [2.24, 2.45) is 0 Å². The van der Waals surface area contributed by atoms with Crippen LogP contribution in [0.1, 0.15) is 18.3 Å². The van der Waals surface area contributed by atoms with E-state index in [2.05, 4.69) is 22.1 Å². The van der Waals surface area contributed by atoms with E-state index in [9.17, 15) is 4.79 Å². The Bertz CT molecular complexity index is 1280. The summed E-state index contributed by atoms with van der Waals surface area (Å²) in [4.78, 5) is 12.9. The van der Waals surface area contributed by atoms with Crippen molar-refractivity contribution in [1.82, 2.24) is 14.8 Å². The maximum Gasteiger partial charge on any atom is 0.237 e. The van der Waals surface area contributed by atoms with Gasteiger partial charge in [-0.1, -0.05) is 66.4 Å². The van der Waals surface area contributed by atoms with E-state index >= 15 is 0 Å². The fraction of sp³-hybridized carbons (Fsp3) is 0.192. The van der Waals surface area contributed by atoms with E-state index in [4.69, 9.17) is 4.74 Å². The quantitative estimate of drug-likeness (QED) is 0.260. The Hall–Kier alpha value is -3.58. The summed E-state index contributed by atoms with van der Waals surface area (Å²) in [5.41, 5.74) is 1.92. The van der Waals surface area contributed by atoms with Crippen LogP contribution in [0.2, 0.25) is 0 Å². The van der Waals surface area contributed by atoms with E-state index in [1.165, 1.54) is 11.8 Å². The molecule has 3 aromatic carbocycles. The summed E-state index contributed by atoms with van der Waals surface area (Å²) in [5, 5.41) is 14.0. The molecule has 0 aliphatic carbocycles. The van der Waals surface area contributed by atoms with Crippen molar-refractivity contribution >= 4 is 34.1 Å². The molecule has 1 unspecified atom stereocenters. The van der Waals surface area contributed by atoms with Gasteiger partial charge in [0.25, 0.3) is 0 Å². The van der Waals surface area contributed by atoms with Gasteiger partial charge in [0.2, 0.25) is 5.91 Å². The lowest BCUT2D eigenvalue weighted by Gasteiger charge is -2.14. The number of hydrogen-bond donors (Lipinski definition) is 1. The van der Waals surface area contributed by atoms with Gasteiger partial charge in [-0.05, 0) is 43.0 Å². The van der Waals surface area contributed by atoms with E-state index < -0.39 is 0 Å². The lowest BCUT2D eigenvalue weighted by atomic mass is 10.1. The highest BCUT2D eigenvalue weighted by molar-refractivity contribution is 8.00. The molecule has 0 fully saturated rings. The average Bonchev–Trinajstić information content (AvgIpc) is 3.19. The van der Waals surface area contributed by atoms with Gasteiger partial charge >= 0.3 is 0 Å². The third kappa shape index (κ3) is 5.43. The molecule has 1 N–H and O–H groups in total. The summed E-state index contributed by atoms with van der Waals surface area (Å²) in [5.74, 6) is 1.36. The second kappa shape index (κ2) is 10.4. The van der Waals surface area contributed by atoms with Crippen LogP contribution in [0.25, 0.3) is 10.8 Å². The minimum atomic E-state index is -0.373. The van der Waals surface area contributed by atoms with Crippen molar-refractivity contribution in [2.75, 3.05) is 5.32 Å². The number of benzene rings is 3. The topological polar surface area (TPSA) is 69.0 Å². The van der Waals surface area contributed by atoms with E-state index in [1.54, 1.807) is 6.08 Å². The third-order valence-electron chi connectivity index (χ3n) is 5.16. The number of thioether (sulfide) groups is 1. The van der Waals surface area contributed by atoms with Gasteiger partial charge in [-0.2, -0.15) is 0 Å². The Labute approximate surface area is 197 Å². The fourth-order valence-corrected chi connectivity index (χ4v) is 4.34. The van der Waals surface area contributed by atoms with Gasteiger partial charge in [-0.15, -0.1) is 16.8 Å². The van der Waals surface area contributed by atoms with Crippen LogP contribution in [0.4, 0.5) is 5.69 Å². The molecule has 1 heterocycles. The molecule has 4 aromatic rings. The molecule has 0 saturated heterocycles. The SMILES string of the molecule is C=CCn1c(COc2cccc(C)c2)nnc1SC(C)C(=O)Nc1cccc2ccccc12. The number of amides is 1. The van der Waals surface area contributed by atoms with Crippen LogP contribution in [0.15, 0.2) is 84.5 Å². The Morgan fingerprint density at radius 3 is 2.76 bits per heavy atom. The van der Waals surface area contributed by atoms with Gasteiger partial charge in [0.1, 0.15) is 12.4 Å². The summed E-state index contributed by atoms with van der Waals surface area (Å²) in [6.07, 6.45) is 1.78. The molecule has 1 aromatic heterocycles. The van der Waals surface area contributed by atoms with Gasteiger partial charge < -0.3 is 10.1 Å². The average molecular weight is 459 g/mol. The minimum absolute atomic E-state index is 0.0953. The second-order valence-corrected chi connectivity index (χ2v) is 8.99. The van der Waals surface area contributed by atoms with E-state index in [0.717, 1.165) is 27.8 Å². The van der Waals surface area contributed by atoms with Crippen LogP contribution in [-0.2, 0) is 17.9 Å². The van der Waals surface area contributed by atoms with E-state index in [-0.39, 0.29) is 17.8 Å². The molecular weight excluding hydrogens is 432 g/mol. The van der Waals surface area contributed by atoms with Gasteiger partial charge in [0.15, 0.2) is 11.0 Å². The van der Waals surface area contributed by atoms with Crippen molar-refractivity contribution in [3.05, 3.63) is 90.8 Å². The van der Waals surface area contributed by atoms with Crippen LogP contribution in [0.3, 0.4) is 0 Å². The Morgan fingerprint density at radius 2 is 1.94 bits per heavy atom. The lowest BCUT2D eigenvalue weighted by Crippen LogP contribution is -2.23. The van der Waals surface area contributed by atoms with E-state index in [0.29, 0.717) is 17.5 Å². The molecule has 1 amide bonds. The highest BCUT2D eigenvalue weighted by Gasteiger charge is 2.21. The molecule has 0 spiro atoms. The number of carbonyl (C=O) groups is 1. The number of carbonyl (C=O) groups excluding carboxylic acids is 1.